The Morgan fingerprint density at radius 1 is 1.04 bits per heavy atom. The molecule has 2 aromatic rings. The molecule has 0 aliphatic carbocycles. The Morgan fingerprint density at radius 2 is 1.73 bits per heavy atom. The number of rotatable bonds is 3. The van der Waals surface area contributed by atoms with Crippen LogP contribution in [0, 0.1) is 12.8 Å². The van der Waals surface area contributed by atoms with Gasteiger partial charge in [0.1, 0.15) is 0 Å². The van der Waals surface area contributed by atoms with Gasteiger partial charge in [-0.05, 0) is 42.5 Å². The minimum Gasteiger partial charge on any atom is -0.278 e. The van der Waals surface area contributed by atoms with Gasteiger partial charge in [0, 0.05) is 13.1 Å². The van der Waals surface area contributed by atoms with E-state index in [2.05, 4.69) is 43.0 Å². The van der Waals surface area contributed by atoms with Gasteiger partial charge in [-0.3, -0.25) is 4.90 Å². The smallest absolute Gasteiger partial charge is 0.244 e. The molecule has 4 rings (SSSR count). The van der Waals surface area contributed by atoms with Crippen molar-refractivity contribution in [2.45, 2.75) is 44.3 Å². The van der Waals surface area contributed by atoms with Gasteiger partial charge in [0.25, 0.3) is 0 Å². The molecule has 0 radical (unpaired) electrons. The first-order chi connectivity index (χ1) is 12.4. The Kier molecular flexibility index (Phi) is 4.41. The van der Waals surface area contributed by atoms with E-state index < -0.39 is 10.0 Å². The summed E-state index contributed by atoms with van der Waals surface area (Å²) in [4.78, 5) is 2.78. The zero-order valence-corrected chi connectivity index (χ0v) is 16.4. The van der Waals surface area contributed by atoms with Crippen molar-refractivity contribution in [3.8, 4) is 0 Å². The van der Waals surface area contributed by atoms with Gasteiger partial charge in [0.2, 0.25) is 10.0 Å². The lowest BCUT2D eigenvalue weighted by molar-refractivity contribution is 0.113. The first-order valence-electron chi connectivity index (χ1n) is 9.31. The van der Waals surface area contributed by atoms with E-state index in [1.807, 2.05) is 19.1 Å². The SMILES string of the molecule is Cc1ccc(S(=O)(=O)N2C[C@@H]3c4ccccc4CCN3[C@H]2C(C)C)cc1. The van der Waals surface area contributed by atoms with Gasteiger partial charge in [0.05, 0.1) is 17.1 Å². The van der Waals surface area contributed by atoms with E-state index in [4.69, 9.17) is 0 Å². The van der Waals surface area contributed by atoms with Crippen LogP contribution in [0.3, 0.4) is 0 Å². The molecule has 0 unspecified atom stereocenters. The molecule has 2 aliphatic heterocycles. The van der Waals surface area contributed by atoms with E-state index in [-0.39, 0.29) is 18.1 Å². The summed E-state index contributed by atoms with van der Waals surface area (Å²) in [5.74, 6) is 0.227. The third kappa shape index (κ3) is 2.79. The van der Waals surface area contributed by atoms with Gasteiger partial charge in [-0.1, -0.05) is 55.8 Å². The van der Waals surface area contributed by atoms with Crippen LogP contribution < -0.4 is 0 Å². The third-order valence-electron chi connectivity index (χ3n) is 5.67. The van der Waals surface area contributed by atoms with E-state index in [0.717, 1.165) is 18.5 Å². The quantitative estimate of drug-likeness (QED) is 0.829. The first kappa shape index (κ1) is 17.7. The maximum absolute atomic E-state index is 13.4. The molecule has 2 heterocycles. The van der Waals surface area contributed by atoms with Gasteiger partial charge in [0.15, 0.2) is 0 Å². The normalized spacial score (nSPS) is 23.8. The second-order valence-electron chi connectivity index (χ2n) is 7.75. The van der Waals surface area contributed by atoms with Crippen molar-refractivity contribution in [1.29, 1.82) is 0 Å². The second-order valence-corrected chi connectivity index (χ2v) is 9.64. The predicted octanol–water partition coefficient (Wildman–Crippen LogP) is 3.58. The Balaban J connectivity index is 1.76. The van der Waals surface area contributed by atoms with Crippen molar-refractivity contribution in [1.82, 2.24) is 9.21 Å². The highest BCUT2D eigenvalue weighted by Crippen LogP contribution is 2.42. The number of fused-ring (bicyclic) bond motifs is 3. The molecule has 2 atom stereocenters. The van der Waals surface area contributed by atoms with E-state index in [0.29, 0.717) is 11.4 Å². The lowest BCUT2D eigenvalue weighted by Crippen LogP contribution is -2.47. The van der Waals surface area contributed by atoms with Crippen LogP contribution in [0.5, 0.6) is 0 Å². The summed E-state index contributed by atoms with van der Waals surface area (Å²) < 4.78 is 28.6. The number of hydrogen-bond donors (Lipinski definition) is 0. The molecule has 0 spiro atoms. The number of hydrogen-bond acceptors (Lipinski definition) is 3. The Morgan fingerprint density at radius 3 is 2.42 bits per heavy atom. The van der Waals surface area contributed by atoms with Crippen molar-refractivity contribution in [3.63, 3.8) is 0 Å². The summed E-state index contributed by atoms with van der Waals surface area (Å²) in [7, 11) is -3.52. The van der Waals surface area contributed by atoms with Gasteiger partial charge in [-0.25, -0.2) is 8.42 Å². The minimum absolute atomic E-state index is 0.0975. The van der Waals surface area contributed by atoms with Crippen molar-refractivity contribution in [2.75, 3.05) is 13.1 Å². The largest absolute Gasteiger partial charge is 0.278 e. The van der Waals surface area contributed by atoms with Crippen molar-refractivity contribution < 1.29 is 8.42 Å². The maximum atomic E-state index is 13.4. The molecular formula is C21H26N2O2S. The van der Waals surface area contributed by atoms with Crippen LogP contribution in [0.1, 0.15) is 36.6 Å². The molecule has 0 N–H and O–H groups in total. The lowest BCUT2D eigenvalue weighted by atomic mass is 9.93. The monoisotopic (exact) mass is 370 g/mol. The van der Waals surface area contributed by atoms with Crippen LogP contribution in [-0.2, 0) is 16.4 Å². The summed E-state index contributed by atoms with van der Waals surface area (Å²) >= 11 is 0. The Hall–Kier alpha value is -1.69. The molecule has 2 aliphatic rings. The number of sulfonamides is 1. The molecule has 4 nitrogen and oxygen atoms in total. The molecule has 26 heavy (non-hydrogen) atoms. The van der Waals surface area contributed by atoms with Crippen LogP contribution in [-0.4, -0.2) is 36.9 Å². The molecule has 1 saturated heterocycles. The Bertz CT molecular complexity index is 906. The van der Waals surface area contributed by atoms with Crippen LogP contribution in [0.2, 0.25) is 0 Å². The summed E-state index contributed by atoms with van der Waals surface area (Å²) in [6.07, 6.45) is 0.883. The molecule has 1 fully saturated rings. The van der Waals surface area contributed by atoms with Crippen LogP contribution in [0.4, 0.5) is 0 Å². The fourth-order valence-electron chi connectivity index (χ4n) is 4.44. The second kappa shape index (κ2) is 6.48. The average Bonchev–Trinajstić information content (AvgIpc) is 3.03. The van der Waals surface area contributed by atoms with Gasteiger partial charge < -0.3 is 0 Å². The van der Waals surface area contributed by atoms with Crippen LogP contribution in [0.15, 0.2) is 53.4 Å². The molecule has 2 aromatic carbocycles. The van der Waals surface area contributed by atoms with E-state index in [1.165, 1.54) is 11.1 Å². The molecule has 0 saturated carbocycles. The highest BCUT2D eigenvalue weighted by Gasteiger charge is 2.48. The summed E-state index contributed by atoms with van der Waals surface area (Å²) in [5, 5.41) is 0. The standard InChI is InChI=1S/C21H26N2O2S/c1-15(2)21-22-13-12-17-6-4-5-7-19(17)20(22)14-23(21)26(24,25)18-10-8-16(3)9-11-18/h4-11,15,20-21H,12-14H2,1-3H3/t20-,21-/m1/s1. The zero-order valence-electron chi connectivity index (χ0n) is 15.6. The van der Waals surface area contributed by atoms with Crippen LogP contribution in [0.25, 0.3) is 0 Å². The fraction of sp³-hybridized carbons (Fsp3) is 0.429. The number of benzene rings is 2. The predicted molar refractivity (Wildman–Crippen MR) is 103 cm³/mol. The molecular weight excluding hydrogens is 344 g/mol. The lowest BCUT2D eigenvalue weighted by Gasteiger charge is -2.37. The molecule has 138 valence electrons. The topological polar surface area (TPSA) is 40.6 Å². The highest BCUT2D eigenvalue weighted by atomic mass is 32.2. The number of nitrogens with zero attached hydrogens (tertiary/aromatic N) is 2. The third-order valence-corrected chi connectivity index (χ3v) is 7.52. The maximum Gasteiger partial charge on any atom is 0.244 e. The van der Waals surface area contributed by atoms with Crippen LogP contribution >= 0.6 is 0 Å². The molecule has 0 amide bonds. The average molecular weight is 371 g/mol. The fourth-order valence-corrected chi connectivity index (χ4v) is 6.17. The van der Waals surface area contributed by atoms with E-state index in [1.54, 1.807) is 16.4 Å². The molecule has 0 bridgehead atoms. The van der Waals surface area contributed by atoms with Crippen molar-refractivity contribution in [2.24, 2.45) is 5.92 Å². The summed E-state index contributed by atoms with van der Waals surface area (Å²) in [5.41, 5.74) is 3.70. The molecule has 5 heteroatoms. The zero-order chi connectivity index (χ0) is 18.5. The van der Waals surface area contributed by atoms with Gasteiger partial charge >= 0.3 is 0 Å². The molecule has 0 aromatic heterocycles. The Labute approximate surface area is 156 Å². The minimum atomic E-state index is -3.52. The highest BCUT2D eigenvalue weighted by molar-refractivity contribution is 7.89. The van der Waals surface area contributed by atoms with Gasteiger partial charge in [-0.2, -0.15) is 4.31 Å². The summed E-state index contributed by atoms with van der Waals surface area (Å²) in [6.45, 7) is 7.64. The van der Waals surface area contributed by atoms with Gasteiger partial charge in [-0.15, -0.1) is 0 Å². The summed E-state index contributed by atoms with van der Waals surface area (Å²) in [6, 6.07) is 15.8. The van der Waals surface area contributed by atoms with E-state index in [9.17, 15) is 8.42 Å². The van der Waals surface area contributed by atoms with E-state index >= 15 is 0 Å². The van der Waals surface area contributed by atoms with Crippen molar-refractivity contribution in [3.05, 3.63) is 65.2 Å². The van der Waals surface area contributed by atoms with Crippen molar-refractivity contribution >= 4 is 10.0 Å². The first-order valence-corrected chi connectivity index (χ1v) is 10.8. The number of aryl methyl sites for hydroxylation is 1.